The molecule has 0 aliphatic heterocycles. The van der Waals surface area contributed by atoms with Gasteiger partial charge in [0.05, 0.1) is 0 Å². The molecule has 0 unspecified atom stereocenters. The molecule has 1 aromatic carbocycles. The molecule has 0 atom stereocenters. The van der Waals surface area contributed by atoms with E-state index in [0.29, 0.717) is 32.7 Å². The van der Waals surface area contributed by atoms with Crippen LogP contribution < -0.4 is 0 Å². The molecule has 0 saturated heterocycles. The highest BCUT2D eigenvalue weighted by Crippen LogP contribution is 2.38. The van der Waals surface area contributed by atoms with Gasteiger partial charge in [-0.25, -0.2) is 27.2 Å². The minimum Gasteiger partial charge on any atom is -0.320 e. The van der Waals surface area contributed by atoms with Crippen LogP contribution >= 0.6 is 11.8 Å². The lowest BCUT2D eigenvalue weighted by Crippen LogP contribution is -2.00. The Balaban J connectivity index is 1.85. The molecule has 0 amide bonds. The van der Waals surface area contributed by atoms with E-state index >= 15 is 0 Å². The van der Waals surface area contributed by atoms with E-state index in [0.717, 1.165) is 18.4 Å². The number of halogens is 2. The van der Waals surface area contributed by atoms with Gasteiger partial charge >= 0.3 is 0 Å². The van der Waals surface area contributed by atoms with Crippen LogP contribution in [0.2, 0.25) is 0 Å². The molecule has 0 aliphatic rings. The summed E-state index contributed by atoms with van der Waals surface area (Å²) in [4.78, 5) is 13.6. The van der Waals surface area contributed by atoms with E-state index in [-0.39, 0.29) is 5.03 Å². The van der Waals surface area contributed by atoms with Crippen LogP contribution in [-0.4, -0.2) is 34.2 Å². The van der Waals surface area contributed by atoms with E-state index in [1.54, 1.807) is 29.9 Å². The maximum Gasteiger partial charge on any atom is 0.192 e. The molecule has 3 aromatic heterocycles. The van der Waals surface area contributed by atoms with Crippen molar-refractivity contribution in [1.82, 2.24) is 19.5 Å². The molecule has 0 fully saturated rings. The van der Waals surface area contributed by atoms with Crippen molar-refractivity contribution in [2.75, 3.05) is 6.26 Å². The second-order valence-corrected chi connectivity index (χ2v) is 9.72. The molecule has 0 bridgehead atoms. The van der Waals surface area contributed by atoms with Crippen LogP contribution in [0.3, 0.4) is 0 Å². The first-order chi connectivity index (χ1) is 14.7. The third-order valence-electron chi connectivity index (χ3n) is 4.43. The Kier molecular flexibility index (Phi) is 5.59. The summed E-state index contributed by atoms with van der Waals surface area (Å²) in [5.74, 6) is -1.31. The number of imidazole rings is 1. The van der Waals surface area contributed by atoms with Crippen molar-refractivity contribution in [2.24, 2.45) is 7.05 Å². The molecule has 10 heteroatoms. The summed E-state index contributed by atoms with van der Waals surface area (Å²) < 4.78 is 52.4. The molecule has 4 rings (SSSR count). The van der Waals surface area contributed by atoms with Crippen molar-refractivity contribution < 1.29 is 17.2 Å². The van der Waals surface area contributed by atoms with Gasteiger partial charge in [0.15, 0.2) is 32.3 Å². The molecular weight excluding hydrogens is 442 g/mol. The van der Waals surface area contributed by atoms with Gasteiger partial charge in [0.25, 0.3) is 0 Å². The summed E-state index contributed by atoms with van der Waals surface area (Å²) in [6.45, 7) is 0. The minimum atomic E-state index is -3.44. The second-order valence-electron chi connectivity index (χ2n) is 6.70. The van der Waals surface area contributed by atoms with Gasteiger partial charge in [-0.1, -0.05) is 17.8 Å². The van der Waals surface area contributed by atoms with Crippen LogP contribution in [0.4, 0.5) is 8.78 Å². The maximum atomic E-state index is 13.7. The Morgan fingerprint density at radius 1 is 1.00 bits per heavy atom. The van der Waals surface area contributed by atoms with Crippen LogP contribution in [0.15, 0.2) is 75.9 Å². The molecule has 158 valence electrons. The van der Waals surface area contributed by atoms with Crippen molar-refractivity contribution >= 4 is 21.6 Å². The number of hydrogen-bond acceptors (Lipinski definition) is 6. The summed E-state index contributed by atoms with van der Waals surface area (Å²) in [5.41, 5.74) is 1.73. The highest BCUT2D eigenvalue weighted by Gasteiger charge is 2.21. The molecule has 4 aromatic rings. The third-order valence-corrected chi connectivity index (χ3v) is 6.58. The number of rotatable bonds is 5. The van der Waals surface area contributed by atoms with E-state index in [9.17, 15) is 17.2 Å². The second kappa shape index (κ2) is 8.20. The van der Waals surface area contributed by atoms with Crippen molar-refractivity contribution in [2.45, 2.75) is 14.9 Å². The number of nitrogens with zero attached hydrogens (tertiary/aromatic N) is 4. The van der Waals surface area contributed by atoms with E-state index in [2.05, 4.69) is 9.97 Å². The molecule has 6 nitrogen and oxygen atoms in total. The largest absolute Gasteiger partial charge is 0.320 e. The van der Waals surface area contributed by atoms with Crippen molar-refractivity contribution in [3.8, 4) is 22.8 Å². The first-order valence-electron chi connectivity index (χ1n) is 9.01. The van der Waals surface area contributed by atoms with Gasteiger partial charge in [-0.2, -0.15) is 0 Å². The fourth-order valence-corrected chi connectivity index (χ4v) is 4.47. The molecule has 0 saturated carbocycles. The summed E-state index contributed by atoms with van der Waals surface area (Å²) in [7, 11) is -1.65. The minimum absolute atomic E-state index is 0.0491. The van der Waals surface area contributed by atoms with Gasteiger partial charge in [0.2, 0.25) is 0 Å². The van der Waals surface area contributed by atoms with Gasteiger partial charge in [-0.3, -0.25) is 4.98 Å². The van der Waals surface area contributed by atoms with Gasteiger partial charge in [-0.15, -0.1) is 0 Å². The molecular formula is C21H16F2N4O2S2. The Morgan fingerprint density at radius 3 is 2.42 bits per heavy atom. The SMILES string of the molecule is Cn1c(-c2ccccn2)nc(-c2ccc(S(C)(=O)=O)nc2)c1Sc1ccc(F)c(F)c1. The quantitative estimate of drug-likeness (QED) is 0.442. The van der Waals surface area contributed by atoms with Gasteiger partial charge in [0, 0.05) is 36.2 Å². The van der Waals surface area contributed by atoms with E-state index in [1.807, 2.05) is 12.1 Å². The first-order valence-corrected chi connectivity index (χ1v) is 11.7. The normalized spacial score (nSPS) is 11.6. The summed E-state index contributed by atoms with van der Waals surface area (Å²) in [5, 5.41) is 0.590. The Hall–Kier alpha value is -3.11. The molecule has 0 radical (unpaired) electrons. The third kappa shape index (κ3) is 4.35. The number of sulfone groups is 1. The lowest BCUT2D eigenvalue weighted by atomic mass is 10.2. The molecule has 0 N–H and O–H groups in total. The van der Waals surface area contributed by atoms with Crippen molar-refractivity contribution in [3.63, 3.8) is 0 Å². The van der Waals surface area contributed by atoms with E-state index < -0.39 is 21.5 Å². The van der Waals surface area contributed by atoms with Crippen LogP contribution in [-0.2, 0) is 16.9 Å². The zero-order valence-electron chi connectivity index (χ0n) is 16.5. The zero-order valence-corrected chi connectivity index (χ0v) is 18.1. The Bertz CT molecular complexity index is 1360. The van der Waals surface area contributed by atoms with Gasteiger partial charge in [0.1, 0.15) is 16.4 Å². The number of pyridine rings is 2. The highest BCUT2D eigenvalue weighted by molar-refractivity contribution is 7.99. The standard InChI is InChI=1S/C21H16F2N4O2S2/c1-27-20(17-5-3-4-10-24-17)26-19(13-6-9-18(25-12-13)31(2,28)29)21(27)30-14-7-8-15(22)16(23)11-14/h3-12H,1-2H3. The first kappa shape index (κ1) is 21.1. The number of hydrogen-bond donors (Lipinski definition) is 0. The Morgan fingerprint density at radius 2 is 1.81 bits per heavy atom. The average Bonchev–Trinajstić information content (AvgIpc) is 3.07. The number of benzene rings is 1. The predicted octanol–water partition coefficient (Wildman–Crippen LogP) is 4.38. The molecule has 0 spiro atoms. The average molecular weight is 459 g/mol. The lowest BCUT2D eigenvalue weighted by molar-refractivity contribution is 0.506. The van der Waals surface area contributed by atoms with Crippen molar-refractivity contribution in [3.05, 3.63) is 72.6 Å². The highest BCUT2D eigenvalue weighted by atomic mass is 32.2. The lowest BCUT2D eigenvalue weighted by Gasteiger charge is -2.08. The van der Waals surface area contributed by atoms with E-state index in [1.165, 1.54) is 30.1 Å². The van der Waals surface area contributed by atoms with Gasteiger partial charge in [-0.05, 0) is 42.5 Å². The topological polar surface area (TPSA) is 77.7 Å². The smallest absolute Gasteiger partial charge is 0.192 e. The summed E-state index contributed by atoms with van der Waals surface area (Å²) in [6.07, 6.45) is 4.16. The van der Waals surface area contributed by atoms with Crippen LogP contribution in [0, 0.1) is 11.6 Å². The molecule has 31 heavy (non-hydrogen) atoms. The summed E-state index contributed by atoms with van der Waals surface area (Å²) in [6, 6.07) is 12.1. The predicted molar refractivity (Wildman–Crippen MR) is 113 cm³/mol. The molecule has 0 aliphatic carbocycles. The number of aromatic nitrogens is 4. The van der Waals surface area contributed by atoms with Crippen LogP contribution in [0.25, 0.3) is 22.8 Å². The van der Waals surface area contributed by atoms with E-state index in [4.69, 9.17) is 4.98 Å². The van der Waals surface area contributed by atoms with Crippen LogP contribution in [0.5, 0.6) is 0 Å². The zero-order chi connectivity index (χ0) is 22.2. The summed E-state index contributed by atoms with van der Waals surface area (Å²) >= 11 is 1.20. The fraction of sp³-hybridized carbons (Fsp3) is 0.0952. The maximum absolute atomic E-state index is 13.7. The van der Waals surface area contributed by atoms with Crippen molar-refractivity contribution in [1.29, 1.82) is 0 Å². The monoisotopic (exact) mass is 458 g/mol. The molecule has 3 heterocycles. The fourth-order valence-electron chi connectivity index (χ4n) is 2.90. The van der Waals surface area contributed by atoms with Gasteiger partial charge < -0.3 is 4.57 Å². The van der Waals surface area contributed by atoms with Crippen LogP contribution in [0.1, 0.15) is 0 Å². The Labute approximate surface area is 181 Å².